The van der Waals surface area contributed by atoms with Crippen LogP contribution in [0.3, 0.4) is 0 Å². The van der Waals surface area contributed by atoms with Crippen LogP contribution in [-0.4, -0.2) is 9.55 Å². The van der Waals surface area contributed by atoms with E-state index in [4.69, 9.17) is 5.73 Å². The van der Waals surface area contributed by atoms with Crippen LogP contribution in [0.1, 0.15) is 5.56 Å². The Hall–Kier alpha value is -1.62. The molecule has 0 radical (unpaired) electrons. The summed E-state index contributed by atoms with van der Waals surface area (Å²) in [6, 6.07) is 6.98. The molecular formula is C11H10BrN3O. The molecule has 0 saturated carbocycles. The van der Waals surface area contributed by atoms with Gasteiger partial charge in [-0.25, -0.2) is 4.98 Å². The molecule has 0 aliphatic rings. The Balaban J connectivity index is 2.42. The van der Waals surface area contributed by atoms with Gasteiger partial charge < -0.3 is 5.73 Å². The third-order valence-corrected chi connectivity index (χ3v) is 3.02. The molecule has 2 N–H and O–H groups in total. The van der Waals surface area contributed by atoms with Crippen LogP contribution in [0.4, 0.5) is 5.69 Å². The van der Waals surface area contributed by atoms with Crippen LogP contribution in [0.15, 0.2) is 46.1 Å². The Kier molecular flexibility index (Phi) is 3.05. The quantitative estimate of drug-likeness (QED) is 0.851. The molecule has 1 aromatic carbocycles. The second-order valence-electron chi connectivity index (χ2n) is 3.35. The molecule has 5 heteroatoms. The Bertz CT molecular complexity index is 545. The molecule has 0 unspecified atom stereocenters. The maximum absolute atomic E-state index is 11.5. The zero-order valence-corrected chi connectivity index (χ0v) is 10.0. The average molecular weight is 280 g/mol. The molecule has 0 fully saturated rings. The normalized spacial score (nSPS) is 10.3. The van der Waals surface area contributed by atoms with Crippen molar-refractivity contribution in [1.29, 1.82) is 0 Å². The van der Waals surface area contributed by atoms with E-state index in [0.717, 1.165) is 10.0 Å². The Morgan fingerprint density at radius 3 is 2.88 bits per heavy atom. The van der Waals surface area contributed by atoms with Crippen LogP contribution >= 0.6 is 15.9 Å². The molecule has 0 amide bonds. The summed E-state index contributed by atoms with van der Waals surface area (Å²) < 4.78 is 2.40. The van der Waals surface area contributed by atoms with E-state index in [9.17, 15) is 4.79 Å². The maximum atomic E-state index is 11.5. The minimum atomic E-state index is -0.0925. The van der Waals surface area contributed by atoms with E-state index in [1.165, 1.54) is 23.2 Å². The van der Waals surface area contributed by atoms with Crippen molar-refractivity contribution in [1.82, 2.24) is 9.55 Å². The van der Waals surface area contributed by atoms with Crippen LogP contribution in [0, 0.1) is 0 Å². The first-order valence-electron chi connectivity index (χ1n) is 4.72. The third kappa shape index (κ3) is 2.14. The van der Waals surface area contributed by atoms with Gasteiger partial charge in [0.15, 0.2) is 0 Å². The summed E-state index contributed by atoms with van der Waals surface area (Å²) in [5.41, 5.74) is 7.31. The number of benzene rings is 1. The fourth-order valence-corrected chi connectivity index (χ4v) is 1.92. The van der Waals surface area contributed by atoms with Crippen LogP contribution in [0.2, 0.25) is 0 Å². The summed E-state index contributed by atoms with van der Waals surface area (Å²) in [5.74, 6) is 0. The monoisotopic (exact) mass is 279 g/mol. The second-order valence-corrected chi connectivity index (χ2v) is 4.21. The van der Waals surface area contributed by atoms with E-state index in [-0.39, 0.29) is 5.56 Å². The number of nitrogens with two attached hydrogens (primary N) is 1. The lowest BCUT2D eigenvalue weighted by Gasteiger charge is -2.09. The van der Waals surface area contributed by atoms with Crippen molar-refractivity contribution in [3.8, 4) is 0 Å². The van der Waals surface area contributed by atoms with Gasteiger partial charge >= 0.3 is 0 Å². The fraction of sp³-hybridized carbons (Fsp3) is 0.0909. The molecule has 0 aliphatic carbocycles. The zero-order valence-electron chi connectivity index (χ0n) is 8.43. The molecule has 1 heterocycles. The molecule has 2 aromatic rings. The largest absolute Gasteiger partial charge is 0.398 e. The lowest BCUT2D eigenvalue weighted by Crippen LogP contribution is -2.20. The number of hydrogen-bond donors (Lipinski definition) is 1. The summed E-state index contributed by atoms with van der Waals surface area (Å²) in [6.45, 7) is 0.417. The highest BCUT2D eigenvalue weighted by Gasteiger charge is 2.05. The Labute approximate surface area is 101 Å². The number of anilines is 1. The van der Waals surface area contributed by atoms with Crippen LogP contribution in [0.5, 0.6) is 0 Å². The van der Waals surface area contributed by atoms with E-state index < -0.39 is 0 Å². The SMILES string of the molecule is Nc1cccc(Br)c1Cn1cnccc1=O. The van der Waals surface area contributed by atoms with Crippen LogP contribution in [0.25, 0.3) is 0 Å². The summed E-state index contributed by atoms with van der Waals surface area (Å²) in [6.07, 6.45) is 2.98. The van der Waals surface area contributed by atoms with Crippen molar-refractivity contribution in [3.63, 3.8) is 0 Å². The topological polar surface area (TPSA) is 60.9 Å². The van der Waals surface area contributed by atoms with E-state index in [1.807, 2.05) is 18.2 Å². The minimum Gasteiger partial charge on any atom is -0.398 e. The highest BCUT2D eigenvalue weighted by molar-refractivity contribution is 9.10. The molecule has 1 aromatic heterocycles. The smallest absolute Gasteiger partial charge is 0.253 e. The maximum Gasteiger partial charge on any atom is 0.253 e. The standard InChI is InChI=1S/C11H10BrN3O/c12-9-2-1-3-10(13)8(9)6-15-7-14-5-4-11(15)16/h1-5,7H,6,13H2. The highest BCUT2D eigenvalue weighted by atomic mass is 79.9. The van der Waals surface area contributed by atoms with Gasteiger partial charge in [-0.3, -0.25) is 9.36 Å². The molecule has 0 aliphatic heterocycles. The number of nitrogen functional groups attached to an aromatic ring is 1. The molecule has 0 atom stereocenters. The highest BCUT2D eigenvalue weighted by Crippen LogP contribution is 2.22. The molecule has 16 heavy (non-hydrogen) atoms. The van der Waals surface area contributed by atoms with Gasteiger partial charge in [0.2, 0.25) is 0 Å². The summed E-state index contributed by atoms with van der Waals surface area (Å²) in [4.78, 5) is 15.4. The molecule has 82 valence electrons. The summed E-state index contributed by atoms with van der Waals surface area (Å²) in [7, 11) is 0. The molecule has 4 nitrogen and oxygen atoms in total. The predicted octanol–water partition coefficient (Wildman–Crippen LogP) is 1.64. The average Bonchev–Trinajstić information content (AvgIpc) is 2.26. The first-order valence-corrected chi connectivity index (χ1v) is 5.51. The number of aromatic nitrogens is 2. The van der Waals surface area contributed by atoms with Crippen LogP contribution in [-0.2, 0) is 6.54 Å². The van der Waals surface area contributed by atoms with Crippen molar-refractivity contribution in [2.75, 3.05) is 5.73 Å². The van der Waals surface area contributed by atoms with E-state index in [0.29, 0.717) is 12.2 Å². The van der Waals surface area contributed by atoms with Gasteiger partial charge in [0, 0.05) is 28.0 Å². The van der Waals surface area contributed by atoms with Gasteiger partial charge in [-0.1, -0.05) is 22.0 Å². The molecule has 0 bridgehead atoms. The van der Waals surface area contributed by atoms with Crippen molar-refractivity contribution in [2.45, 2.75) is 6.54 Å². The first kappa shape index (κ1) is 10.9. The number of hydrogen-bond acceptors (Lipinski definition) is 3. The summed E-state index contributed by atoms with van der Waals surface area (Å²) >= 11 is 3.41. The van der Waals surface area contributed by atoms with Gasteiger partial charge in [-0.05, 0) is 12.1 Å². The first-order chi connectivity index (χ1) is 7.68. The third-order valence-electron chi connectivity index (χ3n) is 2.28. The van der Waals surface area contributed by atoms with E-state index in [2.05, 4.69) is 20.9 Å². The summed E-state index contributed by atoms with van der Waals surface area (Å²) in [5, 5.41) is 0. The molecule has 0 spiro atoms. The van der Waals surface area contributed by atoms with Crippen molar-refractivity contribution >= 4 is 21.6 Å². The molecule has 0 saturated heterocycles. The second kappa shape index (κ2) is 4.49. The Morgan fingerprint density at radius 2 is 2.19 bits per heavy atom. The number of nitrogens with zero attached hydrogens (tertiary/aromatic N) is 2. The minimum absolute atomic E-state index is 0.0925. The van der Waals surface area contributed by atoms with Gasteiger partial charge in [-0.15, -0.1) is 0 Å². The Morgan fingerprint density at radius 1 is 1.38 bits per heavy atom. The van der Waals surface area contributed by atoms with Crippen molar-refractivity contribution in [3.05, 3.63) is 57.2 Å². The number of halogens is 1. The lowest BCUT2D eigenvalue weighted by molar-refractivity contribution is 0.735. The van der Waals surface area contributed by atoms with Gasteiger partial charge in [0.05, 0.1) is 12.9 Å². The van der Waals surface area contributed by atoms with Crippen molar-refractivity contribution < 1.29 is 0 Å². The van der Waals surface area contributed by atoms with E-state index >= 15 is 0 Å². The zero-order chi connectivity index (χ0) is 11.5. The van der Waals surface area contributed by atoms with E-state index in [1.54, 1.807) is 0 Å². The lowest BCUT2D eigenvalue weighted by atomic mass is 10.2. The van der Waals surface area contributed by atoms with Gasteiger partial charge in [0.25, 0.3) is 5.56 Å². The van der Waals surface area contributed by atoms with Crippen LogP contribution < -0.4 is 11.3 Å². The van der Waals surface area contributed by atoms with Gasteiger partial charge in [-0.2, -0.15) is 0 Å². The van der Waals surface area contributed by atoms with Crippen molar-refractivity contribution in [2.24, 2.45) is 0 Å². The predicted molar refractivity (Wildman–Crippen MR) is 66.2 cm³/mol. The fourth-order valence-electron chi connectivity index (χ4n) is 1.41. The molecule has 2 rings (SSSR count). The van der Waals surface area contributed by atoms with Gasteiger partial charge in [0.1, 0.15) is 0 Å². The molecular weight excluding hydrogens is 270 g/mol. The number of rotatable bonds is 2.